The molecule has 0 amide bonds. The molecular formula is C21H22ClNO5S2. The minimum atomic E-state index is -3.58. The van der Waals surface area contributed by atoms with Gasteiger partial charge in [-0.05, 0) is 67.5 Å². The second-order valence-corrected chi connectivity index (χ2v) is 11.3. The van der Waals surface area contributed by atoms with Crippen LogP contribution in [0.2, 0.25) is 4.34 Å². The van der Waals surface area contributed by atoms with Gasteiger partial charge in [-0.3, -0.25) is 9.59 Å². The molecule has 0 unspecified atom stereocenters. The minimum absolute atomic E-state index is 0.258. The Morgan fingerprint density at radius 3 is 2.53 bits per heavy atom. The number of hydrogen-bond donors (Lipinski definition) is 0. The highest BCUT2D eigenvalue weighted by Gasteiger charge is 2.33. The zero-order valence-corrected chi connectivity index (χ0v) is 18.7. The van der Waals surface area contributed by atoms with Crippen LogP contribution in [0.5, 0.6) is 0 Å². The topological polar surface area (TPSA) is 80.8 Å². The Labute approximate surface area is 184 Å². The molecule has 0 atom stereocenters. The van der Waals surface area contributed by atoms with Crippen LogP contribution in [-0.4, -0.2) is 44.2 Å². The predicted molar refractivity (Wildman–Crippen MR) is 115 cm³/mol. The van der Waals surface area contributed by atoms with Crippen LogP contribution in [0.1, 0.15) is 40.1 Å². The first-order valence-electron chi connectivity index (χ1n) is 9.92. The molecule has 2 aliphatic rings. The first-order valence-corrected chi connectivity index (χ1v) is 12.5. The maximum Gasteiger partial charge on any atom is 0.309 e. The average molecular weight is 468 g/mol. The maximum atomic E-state index is 13.0. The summed E-state index contributed by atoms with van der Waals surface area (Å²) < 4.78 is 33.1. The first kappa shape index (κ1) is 21.5. The summed E-state index contributed by atoms with van der Waals surface area (Å²) in [5.41, 5.74) is 2.35. The fraction of sp³-hybridized carbons (Fsp3) is 0.429. The van der Waals surface area contributed by atoms with Crippen LogP contribution in [0.4, 0.5) is 0 Å². The standard InChI is InChI=1S/C21H22ClNO5S2/c22-20-7-6-19(29-20)18(24)13-28-21(25)15-8-10-23(11-9-15)30(26,27)17-5-4-14-2-1-3-16(14)12-17/h4-7,12,15H,1-3,8-11,13H2. The Bertz CT molecular complexity index is 1070. The van der Waals surface area contributed by atoms with E-state index in [2.05, 4.69) is 0 Å². The normalized spacial score (nSPS) is 17.6. The highest BCUT2D eigenvalue weighted by atomic mass is 35.5. The van der Waals surface area contributed by atoms with Crippen molar-refractivity contribution in [1.29, 1.82) is 0 Å². The Kier molecular flexibility index (Phi) is 6.29. The summed E-state index contributed by atoms with van der Waals surface area (Å²) in [6.45, 7) is 0.185. The molecule has 1 saturated heterocycles. The summed E-state index contributed by atoms with van der Waals surface area (Å²) in [6.07, 6.45) is 3.74. The maximum absolute atomic E-state index is 13.0. The van der Waals surface area contributed by atoms with Gasteiger partial charge in [-0.2, -0.15) is 4.31 Å². The van der Waals surface area contributed by atoms with Crippen LogP contribution in [0.3, 0.4) is 0 Å². The van der Waals surface area contributed by atoms with E-state index in [1.165, 1.54) is 9.87 Å². The lowest BCUT2D eigenvalue weighted by molar-refractivity contribution is -0.148. The summed E-state index contributed by atoms with van der Waals surface area (Å²) in [4.78, 5) is 25.2. The number of aryl methyl sites for hydroxylation is 2. The van der Waals surface area contributed by atoms with Crippen molar-refractivity contribution in [1.82, 2.24) is 4.31 Å². The summed E-state index contributed by atoms with van der Waals surface area (Å²) in [6, 6.07) is 8.61. The number of benzene rings is 1. The highest BCUT2D eigenvalue weighted by molar-refractivity contribution is 7.89. The molecule has 4 rings (SSSR count). The highest BCUT2D eigenvalue weighted by Crippen LogP contribution is 2.29. The number of nitrogens with zero attached hydrogens (tertiary/aromatic N) is 1. The van der Waals surface area contributed by atoms with Gasteiger partial charge in [0.1, 0.15) is 0 Å². The number of fused-ring (bicyclic) bond motifs is 1. The number of ketones is 1. The van der Waals surface area contributed by atoms with E-state index in [9.17, 15) is 18.0 Å². The van der Waals surface area contributed by atoms with Gasteiger partial charge in [0.25, 0.3) is 0 Å². The molecule has 0 N–H and O–H groups in total. The molecule has 1 fully saturated rings. The largest absolute Gasteiger partial charge is 0.457 e. The number of esters is 1. The van der Waals surface area contributed by atoms with E-state index >= 15 is 0 Å². The van der Waals surface area contributed by atoms with Gasteiger partial charge in [-0.25, -0.2) is 8.42 Å². The van der Waals surface area contributed by atoms with Crippen LogP contribution >= 0.6 is 22.9 Å². The molecule has 0 spiro atoms. The van der Waals surface area contributed by atoms with Gasteiger partial charge < -0.3 is 4.74 Å². The van der Waals surface area contributed by atoms with E-state index in [-0.39, 0.29) is 25.5 Å². The molecule has 0 bridgehead atoms. The summed E-state index contributed by atoms with van der Waals surface area (Å²) in [5.74, 6) is -1.16. The summed E-state index contributed by atoms with van der Waals surface area (Å²) >= 11 is 6.96. The average Bonchev–Trinajstić information content (AvgIpc) is 3.40. The number of carbonyl (C=O) groups excluding carboxylic acids is 2. The molecule has 30 heavy (non-hydrogen) atoms. The van der Waals surface area contributed by atoms with E-state index in [4.69, 9.17) is 16.3 Å². The van der Waals surface area contributed by atoms with Gasteiger partial charge in [-0.1, -0.05) is 17.7 Å². The third-order valence-electron chi connectivity index (χ3n) is 5.69. The van der Waals surface area contributed by atoms with Crippen LogP contribution in [-0.2, 0) is 32.4 Å². The van der Waals surface area contributed by atoms with E-state index in [1.54, 1.807) is 24.3 Å². The molecular weight excluding hydrogens is 446 g/mol. The third kappa shape index (κ3) is 4.46. The minimum Gasteiger partial charge on any atom is -0.457 e. The molecule has 1 aromatic carbocycles. The smallest absolute Gasteiger partial charge is 0.309 e. The molecule has 9 heteroatoms. The van der Waals surface area contributed by atoms with Gasteiger partial charge in [0.2, 0.25) is 15.8 Å². The number of piperidine rings is 1. The molecule has 2 aromatic rings. The Hall–Kier alpha value is -1.74. The number of carbonyl (C=O) groups is 2. The Morgan fingerprint density at radius 2 is 1.83 bits per heavy atom. The van der Waals surface area contributed by atoms with Crippen molar-refractivity contribution in [3.63, 3.8) is 0 Å². The van der Waals surface area contributed by atoms with Gasteiger partial charge in [0.15, 0.2) is 6.61 Å². The van der Waals surface area contributed by atoms with Gasteiger partial charge in [-0.15, -0.1) is 11.3 Å². The summed E-state index contributed by atoms with van der Waals surface area (Å²) in [5, 5.41) is 0. The molecule has 0 saturated carbocycles. The second-order valence-electron chi connectivity index (χ2n) is 7.60. The lowest BCUT2D eigenvalue weighted by atomic mass is 9.98. The number of Topliss-reactive ketones (excluding diaryl/α,β-unsaturated/α-hetero) is 1. The number of hydrogen-bond acceptors (Lipinski definition) is 6. The molecule has 1 aliphatic carbocycles. The van der Waals surface area contributed by atoms with Crippen LogP contribution < -0.4 is 0 Å². The number of ether oxygens (including phenoxy) is 1. The lowest BCUT2D eigenvalue weighted by Crippen LogP contribution is -2.40. The molecule has 6 nitrogen and oxygen atoms in total. The monoisotopic (exact) mass is 467 g/mol. The Morgan fingerprint density at radius 1 is 1.10 bits per heavy atom. The molecule has 2 heterocycles. The third-order valence-corrected chi connectivity index (χ3v) is 8.86. The number of halogens is 1. The van der Waals surface area contributed by atoms with Crippen molar-refractivity contribution in [3.05, 3.63) is 50.7 Å². The van der Waals surface area contributed by atoms with Crippen LogP contribution in [0.15, 0.2) is 35.2 Å². The first-order chi connectivity index (χ1) is 14.3. The zero-order chi connectivity index (χ0) is 21.3. The van der Waals surface area contributed by atoms with E-state index in [0.717, 1.165) is 36.2 Å². The Balaban J connectivity index is 1.32. The van der Waals surface area contributed by atoms with Gasteiger partial charge in [0.05, 0.1) is 20.0 Å². The van der Waals surface area contributed by atoms with Crippen molar-refractivity contribution < 1.29 is 22.7 Å². The second kappa shape index (κ2) is 8.78. The molecule has 1 aliphatic heterocycles. The SMILES string of the molecule is O=C(COC(=O)C1CCN(S(=O)(=O)c2ccc3c(c2)CCC3)CC1)c1ccc(Cl)s1. The van der Waals surface area contributed by atoms with E-state index in [0.29, 0.717) is 27.0 Å². The van der Waals surface area contributed by atoms with Crippen molar-refractivity contribution in [2.45, 2.75) is 37.0 Å². The molecule has 160 valence electrons. The van der Waals surface area contributed by atoms with Crippen LogP contribution in [0.25, 0.3) is 0 Å². The number of thiophene rings is 1. The van der Waals surface area contributed by atoms with Crippen molar-refractivity contribution in [2.24, 2.45) is 5.92 Å². The fourth-order valence-electron chi connectivity index (χ4n) is 3.98. The lowest BCUT2D eigenvalue weighted by Gasteiger charge is -2.30. The number of sulfonamides is 1. The van der Waals surface area contributed by atoms with Gasteiger partial charge >= 0.3 is 5.97 Å². The van der Waals surface area contributed by atoms with Crippen LogP contribution in [0, 0.1) is 5.92 Å². The van der Waals surface area contributed by atoms with Crippen molar-refractivity contribution in [2.75, 3.05) is 19.7 Å². The number of rotatable bonds is 6. The fourth-order valence-corrected chi connectivity index (χ4v) is 6.47. The quantitative estimate of drug-likeness (QED) is 0.477. The van der Waals surface area contributed by atoms with E-state index in [1.807, 2.05) is 6.07 Å². The molecule has 1 aromatic heterocycles. The zero-order valence-electron chi connectivity index (χ0n) is 16.3. The van der Waals surface area contributed by atoms with Gasteiger partial charge in [0, 0.05) is 13.1 Å². The van der Waals surface area contributed by atoms with Crippen molar-refractivity contribution >= 4 is 44.7 Å². The molecule has 0 radical (unpaired) electrons. The van der Waals surface area contributed by atoms with E-state index < -0.39 is 21.9 Å². The van der Waals surface area contributed by atoms with Crippen molar-refractivity contribution in [3.8, 4) is 0 Å². The predicted octanol–water partition coefficient (Wildman–Crippen LogP) is 3.72. The summed E-state index contributed by atoms with van der Waals surface area (Å²) in [7, 11) is -3.58.